The van der Waals surface area contributed by atoms with Crippen molar-refractivity contribution in [1.82, 2.24) is 4.98 Å². The molecule has 0 saturated heterocycles. The van der Waals surface area contributed by atoms with Gasteiger partial charge in [0.2, 0.25) is 0 Å². The van der Waals surface area contributed by atoms with E-state index in [0.29, 0.717) is 11.1 Å². The summed E-state index contributed by atoms with van der Waals surface area (Å²) in [4.78, 5) is 3.79. The van der Waals surface area contributed by atoms with Crippen molar-refractivity contribution in [3.63, 3.8) is 0 Å². The Kier molecular flexibility index (Phi) is 4.08. The predicted molar refractivity (Wildman–Crippen MR) is 65.6 cm³/mol. The molecule has 2 rings (SSSR count). The number of pyridine rings is 1. The highest BCUT2D eigenvalue weighted by molar-refractivity contribution is 5.64. The molecule has 0 aliphatic heterocycles. The minimum absolute atomic E-state index is 0.0102. The van der Waals surface area contributed by atoms with E-state index < -0.39 is 17.9 Å². The lowest BCUT2D eigenvalue weighted by Crippen LogP contribution is -2.17. The van der Waals surface area contributed by atoms with Crippen molar-refractivity contribution >= 4 is 0 Å². The molecule has 108 valence electrons. The average molecular weight is 296 g/mol. The number of nitrogens with zero attached hydrogens (tertiary/aromatic N) is 2. The van der Waals surface area contributed by atoms with Crippen molar-refractivity contribution in [2.75, 3.05) is 0 Å². The first-order valence-electron chi connectivity index (χ1n) is 5.76. The maximum absolute atomic E-state index is 13.7. The largest absolute Gasteiger partial charge is 0.573 e. The molecule has 0 atom stereocenters. The van der Waals surface area contributed by atoms with Crippen molar-refractivity contribution < 1.29 is 22.3 Å². The van der Waals surface area contributed by atoms with Gasteiger partial charge in [0.15, 0.2) is 0 Å². The summed E-state index contributed by atoms with van der Waals surface area (Å²) in [7, 11) is 0. The summed E-state index contributed by atoms with van der Waals surface area (Å²) < 4.78 is 53.9. The SMILES string of the molecule is N#CCc1ncc(-c2cccc(OC(F)(F)F)c2)cc1F. The fraction of sp³-hybridized carbons (Fsp3) is 0.143. The van der Waals surface area contributed by atoms with Crippen LogP contribution in [0.2, 0.25) is 0 Å². The highest BCUT2D eigenvalue weighted by atomic mass is 19.4. The molecular weight excluding hydrogens is 288 g/mol. The molecule has 3 nitrogen and oxygen atoms in total. The number of nitriles is 1. The Morgan fingerprint density at radius 3 is 2.57 bits per heavy atom. The van der Waals surface area contributed by atoms with Gasteiger partial charge in [-0.3, -0.25) is 4.98 Å². The molecule has 1 aromatic carbocycles. The zero-order valence-electron chi connectivity index (χ0n) is 10.5. The highest BCUT2D eigenvalue weighted by Gasteiger charge is 2.31. The van der Waals surface area contributed by atoms with Crippen LogP contribution < -0.4 is 4.74 Å². The molecule has 0 aliphatic rings. The Balaban J connectivity index is 2.32. The second-order valence-electron chi connectivity index (χ2n) is 4.06. The van der Waals surface area contributed by atoms with Gasteiger partial charge in [0, 0.05) is 11.8 Å². The molecule has 0 spiro atoms. The quantitative estimate of drug-likeness (QED) is 0.808. The number of aromatic nitrogens is 1. The molecule has 1 aromatic heterocycles. The topological polar surface area (TPSA) is 45.9 Å². The van der Waals surface area contributed by atoms with E-state index in [9.17, 15) is 17.6 Å². The smallest absolute Gasteiger partial charge is 0.406 e. The maximum atomic E-state index is 13.7. The number of hydrogen-bond acceptors (Lipinski definition) is 3. The molecule has 21 heavy (non-hydrogen) atoms. The molecule has 1 heterocycles. The van der Waals surface area contributed by atoms with Gasteiger partial charge in [-0.25, -0.2) is 4.39 Å². The van der Waals surface area contributed by atoms with Crippen LogP contribution in [-0.2, 0) is 6.42 Å². The summed E-state index contributed by atoms with van der Waals surface area (Å²) >= 11 is 0. The van der Waals surface area contributed by atoms with E-state index in [-0.39, 0.29) is 12.1 Å². The number of halogens is 4. The number of hydrogen-bond donors (Lipinski definition) is 0. The molecule has 2 aromatic rings. The summed E-state index contributed by atoms with van der Waals surface area (Å²) in [5, 5.41) is 8.50. The predicted octanol–water partition coefficient (Wildman–Crippen LogP) is 3.85. The van der Waals surface area contributed by atoms with E-state index in [1.165, 1.54) is 18.3 Å². The first kappa shape index (κ1) is 14.8. The van der Waals surface area contributed by atoms with Gasteiger partial charge in [0.1, 0.15) is 11.6 Å². The van der Waals surface area contributed by atoms with Crippen LogP contribution in [0.15, 0.2) is 36.5 Å². The lowest BCUT2D eigenvalue weighted by Gasteiger charge is -2.10. The second kappa shape index (κ2) is 5.79. The first-order chi connectivity index (χ1) is 9.89. The van der Waals surface area contributed by atoms with E-state index in [1.807, 2.05) is 0 Å². The first-order valence-corrected chi connectivity index (χ1v) is 5.76. The van der Waals surface area contributed by atoms with E-state index in [1.54, 1.807) is 6.07 Å². The maximum Gasteiger partial charge on any atom is 0.573 e. The monoisotopic (exact) mass is 296 g/mol. The Morgan fingerprint density at radius 2 is 1.95 bits per heavy atom. The van der Waals surface area contributed by atoms with Crippen molar-refractivity contribution in [1.29, 1.82) is 5.26 Å². The molecule has 0 aliphatic carbocycles. The summed E-state index contributed by atoms with van der Waals surface area (Å²) in [5.41, 5.74) is 0.609. The molecule has 7 heteroatoms. The van der Waals surface area contributed by atoms with Crippen molar-refractivity contribution in [2.24, 2.45) is 0 Å². The highest BCUT2D eigenvalue weighted by Crippen LogP contribution is 2.28. The summed E-state index contributed by atoms with van der Waals surface area (Å²) in [5.74, 6) is -1.09. The fourth-order valence-electron chi connectivity index (χ4n) is 1.70. The minimum atomic E-state index is -4.79. The van der Waals surface area contributed by atoms with Gasteiger partial charge < -0.3 is 4.74 Å². The number of alkyl halides is 3. The number of ether oxygens (including phenoxy) is 1. The van der Waals surface area contributed by atoms with Crippen molar-refractivity contribution in [3.05, 3.63) is 48.0 Å². The third-order valence-electron chi connectivity index (χ3n) is 2.56. The molecule has 0 radical (unpaired) electrons. The van der Waals surface area contributed by atoms with Crippen LogP contribution in [0.3, 0.4) is 0 Å². The number of benzene rings is 1. The molecule has 0 unspecified atom stereocenters. The Labute approximate surface area is 117 Å². The molecule has 0 fully saturated rings. The Morgan fingerprint density at radius 1 is 1.19 bits per heavy atom. The molecule has 0 N–H and O–H groups in total. The molecule has 0 saturated carbocycles. The minimum Gasteiger partial charge on any atom is -0.406 e. The van der Waals surface area contributed by atoms with Crippen LogP contribution in [0.4, 0.5) is 17.6 Å². The normalized spacial score (nSPS) is 11.0. The van der Waals surface area contributed by atoms with E-state index in [2.05, 4.69) is 9.72 Å². The van der Waals surface area contributed by atoms with Crippen LogP contribution in [0.1, 0.15) is 5.69 Å². The molecule has 0 bridgehead atoms. The van der Waals surface area contributed by atoms with E-state index >= 15 is 0 Å². The Hall–Kier alpha value is -2.62. The zero-order valence-corrected chi connectivity index (χ0v) is 10.5. The van der Waals surface area contributed by atoms with Gasteiger partial charge in [0.05, 0.1) is 18.2 Å². The standard InChI is InChI=1S/C14H8F4N2O/c15-12-7-10(8-20-13(12)4-5-19)9-2-1-3-11(6-9)21-14(16,17)18/h1-3,6-8H,4H2. The van der Waals surface area contributed by atoms with Crippen LogP contribution in [0, 0.1) is 17.1 Å². The van der Waals surface area contributed by atoms with Gasteiger partial charge in [-0.1, -0.05) is 12.1 Å². The lowest BCUT2D eigenvalue weighted by atomic mass is 10.1. The lowest BCUT2D eigenvalue weighted by molar-refractivity contribution is -0.274. The van der Waals surface area contributed by atoms with Gasteiger partial charge in [-0.05, 0) is 23.8 Å². The summed E-state index contributed by atoms with van der Waals surface area (Å²) in [6.45, 7) is 0. The zero-order chi connectivity index (χ0) is 15.5. The van der Waals surface area contributed by atoms with Gasteiger partial charge >= 0.3 is 6.36 Å². The van der Waals surface area contributed by atoms with Crippen molar-refractivity contribution in [3.8, 4) is 22.9 Å². The van der Waals surface area contributed by atoms with Crippen LogP contribution in [0.25, 0.3) is 11.1 Å². The van der Waals surface area contributed by atoms with E-state index in [4.69, 9.17) is 5.26 Å². The Bertz CT molecular complexity index is 692. The van der Waals surface area contributed by atoms with Crippen molar-refractivity contribution in [2.45, 2.75) is 12.8 Å². The van der Waals surface area contributed by atoms with Crippen LogP contribution in [-0.4, -0.2) is 11.3 Å². The number of rotatable bonds is 3. The average Bonchev–Trinajstić information content (AvgIpc) is 2.39. The third kappa shape index (κ3) is 3.92. The van der Waals surface area contributed by atoms with Crippen LogP contribution >= 0.6 is 0 Å². The van der Waals surface area contributed by atoms with E-state index in [0.717, 1.165) is 18.2 Å². The summed E-state index contributed by atoms with van der Waals surface area (Å²) in [6.07, 6.45) is -3.68. The third-order valence-corrected chi connectivity index (χ3v) is 2.56. The fourth-order valence-corrected chi connectivity index (χ4v) is 1.70. The molecular formula is C14H8F4N2O. The van der Waals surface area contributed by atoms with Gasteiger partial charge in [0.25, 0.3) is 0 Å². The van der Waals surface area contributed by atoms with Crippen LogP contribution in [0.5, 0.6) is 5.75 Å². The second-order valence-corrected chi connectivity index (χ2v) is 4.06. The van der Waals surface area contributed by atoms with Gasteiger partial charge in [-0.2, -0.15) is 5.26 Å². The molecule has 0 amide bonds. The summed E-state index contributed by atoms with van der Waals surface area (Å²) in [6, 6.07) is 8.03. The van der Waals surface area contributed by atoms with Gasteiger partial charge in [-0.15, -0.1) is 13.2 Å².